The van der Waals surface area contributed by atoms with E-state index < -0.39 is 22.2 Å². The second kappa shape index (κ2) is 9.28. The van der Waals surface area contributed by atoms with Gasteiger partial charge < -0.3 is 10.2 Å². The molecular weight excluding hydrogens is 496 g/mol. The molecule has 0 aliphatic carbocycles. The Bertz CT molecular complexity index is 1130. The van der Waals surface area contributed by atoms with Crippen LogP contribution < -0.4 is 10.2 Å². The summed E-state index contributed by atoms with van der Waals surface area (Å²) in [6.07, 6.45) is 0. The Morgan fingerprint density at radius 3 is 1.11 bits per heavy atom. The van der Waals surface area contributed by atoms with Crippen molar-refractivity contribution >= 4 is 11.7 Å². The molecule has 0 unspecified atom stereocenters. The van der Waals surface area contributed by atoms with Crippen LogP contribution in [0, 0.1) is 9.81 Å². The number of rotatable bonds is 2. The maximum absolute atomic E-state index is 12.2. The van der Waals surface area contributed by atoms with Gasteiger partial charge in [-0.3, -0.25) is 0 Å². The molecule has 0 atom stereocenters. The number of para-hydroxylation sites is 2. The van der Waals surface area contributed by atoms with Crippen LogP contribution in [0.3, 0.4) is 0 Å². The van der Waals surface area contributed by atoms with Crippen LogP contribution in [0.5, 0.6) is 11.5 Å². The van der Waals surface area contributed by atoms with E-state index in [1.54, 1.807) is 36.4 Å². The number of hydrogen-bond acceptors (Lipinski definition) is 6. The summed E-state index contributed by atoms with van der Waals surface area (Å²) >= 11 is 0. The van der Waals surface area contributed by atoms with Crippen LogP contribution in [0.1, 0.15) is 66.5 Å². The van der Waals surface area contributed by atoms with E-state index in [0.29, 0.717) is 11.1 Å². The standard InChI is InChI=1S/2C13H16N2O2.Cu/c2*1-12(2)13(3,4)15(17)11(14-12)9-7-5-6-8-10(9)16;/h2*5-8H,1-4H3;. The van der Waals surface area contributed by atoms with Crippen molar-refractivity contribution in [3.05, 3.63) is 69.5 Å². The second-order valence-corrected chi connectivity index (χ2v) is 10.7. The smallest absolute Gasteiger partial charge is 0.363 e. The molecule has 8 nitrogen and oxygen atoms in total. The molecule has 2 aliphatic rings. The first-order valence-corrected chi connectivity index (χ1v) is 11.2. The zero-order chi connectivity index (χ0) is 25.7. The predicted octanol–water partition coefficient (Wildman–Crippen LogP) is 3.71. The van der Waals surface area contributed by atoms with Gasteiger partial charge in [-0.15, -0.1) is 0 Å². The minimum atomic E-state index is -0.648. The van der Waals surface area contributed by atoms with Gasteiger partial charge in [0.05, 0.1) is 11.1 Å². The van der Waals surface area contributed by atoms with Crippen molar-refractivity contribution in [2.75, 3.05) is 0 Å². The number of amidine groups is 2. The van der Waals surface area contributed by atoms with E-state index in [0.717, 1.165) is 9.52 Å². The first-order chi connectivity index (χ1) is 15.5. The first-order valence-electron chi connectivity index (χ1n) is 11.2. The van der Waals surface area contributed by atoms with E-state index in [4.69, 9.17) is 0 Å². The average Bonchev–Trinajstić information content (AvgIpc) is 3.01. The van der Waals surface area contributed by atoms with Gasteiger partial charge in [-0.1, -0.05) is 67.7 Å². The number of hydrogen-bond donors (Lipinski definition) is 0. The van der Waals surface area contributed by atoms with Crippen molar-refractivity contribution in [3.8, 4) is 11.5 Å². The van der Waals surface area contributed by atoms with Crippen LogP contribution in [0.2, 0.25) is 0 Å². The van der Waals surface area contributed by atoms with Crippen LogP contribution in [-0.2, 0) is 17.1 Å². The molecule has 9 heteroatoms. The third kappa shape index (κ3) is 4.67. The fourth-order valence-electron chi connectivity index (χ4n) is 3.56. The Labute approximate surface area is 216 Å². The number of benzene rings is 2. The maximum Gasteiger partial charge on any atom is 0.363 e. The molecule has 2 aromatic carbocycles. The van der Waals surface area contributed by atoms with Crippen LogP contribution in [0.25, 0.3) is 0 Å². The molecule has 0 spiro atoms. The van der Waals surface area contributed by atoms with Gasteiger partial charge in [0.1, 0.15) is 0 Å². The third-order valence-electron chi connectivity index (χ3n) is 7.42. The number of aliphatic imine (C=N–C) groups is 2. The van der Waals surface area contributed by atoms with Crippen LogP contribution in [0.4, 0.5) is 0 Å². The topological polar surface area (TPSA) is 111 Å². The van der Waals surface area contributed by atoms with Crippen molar-refractivity contribution in [2.45, 2.75) is 77.5 Å². The fourth-order valence-corrected chi connectivity index (χ4v) is 3.56. The summed E-state index contributed by atoms with van der Waals surface area (Å²) in [5.74, 6) is 0.150. The predicted molar refractivity (Wildman–Crippen MR) is 128 cm³/mol. The van der Waals surface area contributed by atoms with E-state index in [-0.39, 0.29) is 40.2 Å². The molecule has 0 saturated carbocycles. The van der Waals surface area contributed by atoms with Gasteiger partial charge >= 0.3 is 11.7 Å². The SMILES string of the molecule is CC1(C)N=C(c2ccccc2[O-])[N+](=O)C1(C)C.CC1(C)N=C(c2ccccc2[O-])[N+](=O)C1(C)C.[Cu]. The van der Waals surface area contributed by atoms with E-state index in [2.05, 4.69) is 9.98 Å². The Balaban J connectivity index is 0.000000240. The molecule has 0 bridgehead atoms. The molecular formula is C26H32CuN4O4. The van der Waals surface area contributed by atoms with Crippen LogP contribution in [0.15, 0.2) is 58.5 Å². The van der Waals surface area contributed by atoms with E-state index >= 15 is 0 Å². The Morgan fingerprint density at radius 2 is 0.886 bits per heavy atom. The zero-order valence-electron chi connectivity index (χ0n) is 21.3. The minimum absolute atomic E-state index is 0. The second-order valence-electron chi connectivity index (χ2n) is 10.7. The van der Waals surface area contributed by atoms with Gasteiger partial charge in [0.25, 0.3) is 0 Å². The summed E-state index contributed by atoms with van der Waals surface area (Å²) in [5, 5.41) is 23.5. The van der Waals surface area contributed by atoms with Crippen molar-refractivity contribution in [1.82, 2.24) is 0 Å². The normalized spacial score (nSPS) is 20.8. The quantitative estimate of drug-likeness (QED) is 0.437. The molecule has 0 N–H and O–H groups in total. The Hall–Kier alpha value is -2.90. The van der Waals surface area contributed by atoms with Gasteiger partial charge in [-0.2, -0.15) is 0 Å². The summed E-state index contributed by atoms with van der Waals surface area (Å²) < 4.78 is 1.70. The van der Waals surface area contributed by atoms with Gasteiger partial charge in [0.2, 0.25) is 0 Å². The molecule has 0 aromatic heterocycles. The van der Waals surface area contributed by atoms with Gasteiger partial charge in [0, 0.05) is 17.1 Å². The molecule has 35 heavy (non-hydrogen) atoms. The fraction of sp³-hybridized carbons (Fsp3) is 0.462. The zero-order valence-corrected chi connectivity index (χ0v) is 22.3. The first kappa shape index (κ1) is 28.3. The van der Waals surface area contributed by atoms with Crippen molar-refractivity contribution in [2.24, 2.45) is 9.98 Å². The number of nitroso groups, excluding NO2 is 2. The summed E-state index contributed by atoms with van der Waals surface area (Å²) in [6, 6.07) is 13.0. The van der Waals surface area contributed by atoms with E-state index in [1.165, 1.54) is 12.1 Å². The van der Waals surface area contributed by atoms with Crippen LogP contribution in [-0.4, -0.2) is 43.3 Å². The summed E-state index contributed by atoms with van der Waals surface area (Å²) in [6.45, 7) is 15.0. The third-order valence-corrected chi connectivity index (χ3v) is 7.42. The molecule has 0 amide bonds. The largest absolute Gasteiger partial charge is 0.872 e. The van der Waals surface area contributed by atoms with Gasteiger partial charge in [-0.05, 0) is 77.0 Å². The molecule has 4 rings (SSSR count). The summed E-state index contributed by atoms with van der Waals surface area (Å²) in [5.41, 5.74) is -1.56. The molecule has 1 radical (unpaired) electrons. The Kier molecular flexibility index (Phi) is 7.51. The van der Waals surface area contributed by atoms with Crippen LogP contribution >= 0.6 is 0 Å². The van der Waals surface area contributed by atoms with Crippen molar-refractivity contribution < 1.29 is 36.8 Å². The molecule has 0 fully saturated rings. The minimum Gasteiger partial charge on any atom is -0.872 e. The van der Waals surface area contributed by atoms with Crippen molar-refractivity contribution in [3.63, 3.8) is 0 Å². The van der Waals surface area contributed by atoms with Crippen molar-refractivity contribution in [1.29, 1.82) is 0 Å². The molecule has 0 saturated heterocycles. The summed E-state index contributed by atoms with van der Waals surface area (Å²) in [4.78, 5) is 33.3. The molecule has 191 valence electrons. The van der Waals surface area contributed by atoms with Gasteiger partial charge in [-0.25, -0.2) is 0 Å². The molecule has 2 heterocycles. The molecule has 2 aromatic rings. The number of nitrogens with zero attached hydrogens (tertiary/aromatic N) is 4. The maximum atomic E-state index is 12.2. The monoisotopic (exact) mass is 527 g/mol. The summed E-state index contributed by atoms with van der Waals surface area (Å²) in [7, 11) is 0. The van der Waals surface area contributed by atoms with Gasteiger partial charge in [0.15, 0.2) is 22.2 Å². The Morgan fingerprint density at radius 1 is 0.600 bits per heavy atom. The average molecular weight is 528 g/mol. The molecule has 2 aliphatic heterocycles. The van der Waals surface area contributed by atoms with E-state index in [1.807, 2.05) is 55.4 Å². The van der Waals surface area contributed by atoms with E-state index in [9.17, 15) is 20.0 Å².